The number of halogens is 1. The van der Waals surface area contributed by atoms with Crippen molar-refractivity contribution in [1.82, 2.24) is 9.97 Å². The van der Waals surface area contributed by atoms with Crippen molar-refractivity contribution >= 4 is 34.7 Å². The molecule has 0 radical (unpaired) electrons. The van der Waals surface area contributed by atoms with Crippen molar-refractivity contribution in [2.45, 2.75) is 13.8 Å². The number of rotatable bonds is 6. The largest absolute Gasteiger partial charge is 0.340 e. The lowest BCUT2D eigenvalue weighted by Gasteiger charge is -2.11. The van der Waals surface area contributed by atoms with Crippen LogP contribution in [0.2, 0.25) is 0 Å². The van der Waals surface area contributed by atoms with E-state index >= 15 is 0 Å². The van der Waals surface area contributed by atoms with E-state index in [0.29, 0.717) is 17.5 Å². The molecule has 160 valence electrons. The number of hydrogen-bond acceptors (Lipinski definition) is 5. The molecule has 0 saturated carbocycles. The Morgan fingerprint density at radius 1 is 0.781 bits per heavy atom. The Hall–Kier alpha value is -4.26. The highest BCUT2D eigenvalue weighted by Crippen LogP contribution is 2.21. The van der Waals surface area contributed by atoms with Crippen LogP contribution < -0.4 is 16.0 Å². The quantitative estimate of drug-likeness (QED) is 0.353. The Morgan fingerprint density at radius 2 is 1.41 bits per heavy atom. The van der Waals surface area contributed by atoms with Gasteiger partial charge in [-0.2, -0.15) is 4.98 Å². The summed E-state index contributed by atoms with van der Waals surface area (Å²) in [4.78, 5) is 21.2. The molecule has 0 saturated heterocycles. The van der Waals surface area contributed by atoms with E-state index in [1.54, 1.807) is 36.4 Å². The molecule has 0 bridgehead atoms. The second-order valence-corrected chi connectivity index (χ2v) is 7.35. The molecule has 1 heterocycles. The number of benzene rings is 3. The van der Waals surface area contributed by atoms with Crippen LogP contribution in [-0.2, 0) is 0 Å². The van der Waals surface area contributed by atoms with Crippen LogP contribution in [0.3, 0.4) is 0 Å². The second kappa shape index (κ2) is 9.26. The first-order chi connectivity index (χ1) is 15.5. The van der Waals surface area contributed by atoms with E-state index in [1.807, 2.05) is 44.2 Å². The van der Waals surface area contributed by atoms with Gasteiger partial charge in [0.2, 0.25) is 5.95 Å². The molecule has 3 N–H and O–H groups in total. The summed E-state index contributed by atoms with van der Waals surface area (Å²) in [7, 11) is 0. The molecule has 3 aromatic carbocycles. The summed E-state index contributed by atoms with van der Waals surface area (Å²) >= 11 is 0. The van der Waals surface area contributed by atoms with Crippen molar-refractivity contribution in [2.75, 3.05) is 16.0 Å². The van der Waals surface area contributed by atoms with Gasteiger partial charge in [-0.25, -0.2) is 9.37 Å². The molecular weight excluding hydrogens is 405 g/mol. The van der Waals surface area contributed by atoms with Gasteiger partial charge in [0, 0.05) is 28.8 Å². The standard InChI is InChI=1S/C25H22FN5O/c1-16-7-9-18(10-8-16)28-23-15-17(2)27-25(31-23)30-20-13-11-19(12-14-20)29-24(32)21-5-3-4-6-22(21)26/h3-15H,1-2H3,(H,29,32)(H2,27,28,30,31). The molecular formula is C25H22FN5O. The Kier molecular flexibility index (Phi) is 6.07. The number of nitrogens with one attached hydrogen (secondary N) is 3. The van der Waals surface area contributed by atoms with Crippen molar-refractivity contribution in [3.63, 3.8) is 0 Å². The van der Waals surface area contributed by atoms with Gasteiger partial charge in [0.05, 0.1) is 5.56 Å². The fourth-order valence-corrected chi connectivity index (χ4v) is 3.08. The number of aryl methyl sites for hydroxylation is 2. The molecule has 4 rings (SSSR count). The van der Waals surface area contributed by atoms with Crippen molar-refractivity contribution in [3.8, 4) is 0 Å². The highest BCUT2D eigenvalue weighted by atomic mass is 19.1. The molecule has 4 aromatic rings. The Labute approximate surface area is 185 Å². The molecule has 0 unspecified atom stereocenters. The van der Waals surface area contributed by atoms with E-state index in [9.17, 15) is 9.18 Å². The first-order valence-corrected chi connectivity index (χ1v) is 10.1. The minimum Gasteiger partial charge on any atom is -0.340 e. The number of hydrogen-bond donors (Lipinski definition) is 3. The van der Waals surface area contributed by atoms with Gasteiger partial charge in [0.1, 0.15) is 11.6 Å². The van der Waals surface area contributed by atoms with Gasteiger partial charge in [-0.05, 0) is 62.4 Å². The molecule has 0 fully saturated rings. The lowest BCUT2D eigenvalue weighted by Crippen LogP contribution is -2.13. The molecule has 0 spiro atoms. The Bertz CT molecular complexity index is 1240. The second-order valence-electron chi connectivity index (χ2n) is 7.35. The molecule has 1 aromatic heterocycles. The molecule has 32 heavy (non-hydrogen) atoms. The van der Waals surface area contributed by atoms with Gasteiger partial charge in [0.15, 0.2) is 0 Å². The molecule has 0 atom stereocenters. The van der Waals surface area contributed by atoms with Crippen molar-refractivity contribution in [3.05, 3.63) is 102 Å². The topological polar surface area (TPSA) is 78.9 Å². The number of carbonyl (C=O) groups excluding carboxylic acids is 1. The first kappa shape index (κ1) is 21.0. The molecule has 0 aliphatic carbocycles. The highest BCUT2D eigenvalue weighted by molar-refractivity contribution is 6.04. The third kappa shape index (κ3) is 5.26. The molecule has 0 aliphatic rings. The number of amides is 1. The number of carbonyl (C=O) groups is 1. The van der Waals surface area contributed by atoms with E-state index in [1.165, 1.54) is 17.7 Å². The van der Waals surface area contributed by atoms with Crippen LogP contribution in [0.1, 0.15) is 21.6 Å². The minimum absolute atomic E-state index is 0.00327. The predicted molar refractivity (Wildman–Crippen MR) is 125 cm³/mol. The third-order valence-corrected chi connectivity index (χ3v) is 4.70. The third-order valence-electron chi connectivity index (χ3n) is 4.70. The fraction of sp³-hybridized carbons (Fsp3) is 0.0800. The lowest BCUT2D eigenvalue weighted by molar-refractivity contribution is 0.102. The van der Waals surface area contributed by atoms with Gasteiger partial charge in [0.25, 0.3) is 5.91 Å². The molecule has 1 amide bonds. The Balaban J connectivity index is 1.44. The fourth-order valence-electron chi connectivity index (χ4n) is 3.08. The molecule has 7 heteroatoms. The maximum atomic E-state index is 13.8. The lowest BCUT2D eigenvalue weighted by atomic mass is 10.2. The molecule has 6 nitrogen and oxygen atoms in total. The van der Waals surface area contributed by atoms with Gasteiger partial charge in [-0.3, -0.25) is 4.79 Å². The van der Waals surface area contributed by atoms with E-state index in [-0.39, 0.29) is 5.56 Å². The average Bonchev–Trinajstić information content (AvgIpc) is 2.76. The van der Waals surface area contributed by atoms with Crippen LogP contribution in [-0.4, -0.2) is 15.9 Å². The number of anilines is 5. The SMILES string of the molecule is Cc1ccc(Nc2cc(C)nc(Nc3ccc(NC(=O)c4ccccc4F)cc3)n2)cc1. The van der Waals surface area contributed by atoms with Crippen LogP contribution >= 0.6 is 0 Å². The number of nitrogens with zero attached hydrogens (tertiary/aromatic N) is 2. The summed E-state index contributed by atoms with van der Waals surface area (Å²) in [6, 6.07) is 22.8. The summed E-state index contributed by atoms with van der Waals surface area (Å²) in [5.74, 6) is 0.0629. The van der Waals surface area contributed by atoms with E-state index in [2.05, 4.69) is 25.9 Å². The smallest absolute Gasteiger partial charge is 0.258 e. The van der Waals surface area contributed by atoms with Crippen LogP contribution in [0.25, 0.3) is 0 Å². The van der Waals surface area contributed by atoms with Gasteiger partial charge >= 0.3 is 0 Å². The highest BCUT2D eigenvalue weighted by Gasteiger charge is 2.11. The number of aromatic nitrogens is 2. The Morgan fingerprint density at radius 3 is 2.12 bits per heavy atom. The zero-order chi connectivity index (χ0) is 22.5. The van der Waals surface area contributed by atoms with Gasteiger partial charge in [-0.1, -0.05) is 29.8 Å². The summed E-state index contributed by atoms with van der Waals surface area (Å²) in [6.07, 6.45) is 0. The van der Waals surface area contributed by atoms with Crippen molar-refractivity contribution in [2.24, 2.45) is 0 Å². The van der Waals surface area contributed by atoms with Crippen molar-refractivity contribution < 1.29 is 9.18 Å². The summed E-state index contributed by atoms with van der Waals surface area (Å²) in [5.41, 5.74) is 4.23. The van der Waals surface area contributed by atoms with E-state index in [4.69, 9.17) is 0 Å². The zero-order valence-corrected chi connectivity index (χ0v) is 17.7. The maximum absolute atomic E-state index is 13.8. The summed E-state index contributed by atoms with van der Waals surface area (Å²) in [5, 5.41) is 9.14. The summed E-state index contributed by atoms with van der Waals surface area (Å²) < 4.78 is 13.8. The minimum atomic E-state index is -0.560. The van der Waals surface area contributed by atoms with Crippen molar-refractivity contribution in [1.29, 1.82) is 0 Å². The van der Waals surface area contributed by atoms with Crippen LogP contribution in [0.15, 0.2) is 78.9 Å². The zero-order valence-electron chi connectivity index (χ0n) is 17.7. The monoisotopic (exact) mass is 427 g/mol. The molecule has 0 aliphatic heterocycles. The van der Waals surface area contributed by atoms with E-state index < -0.39 is 11.7 Å². The summed E-state index contributed by atoms with van der Waals surface area (Å²) in [6.45, 7) is 3.94. The average molecular weight is 427 g/mol. The van der Waals surface area contributed by atoms with Crippen LogP contribution in [0.5, 0.6) is 0 Å². The first-order valence-electron chi connectivity index (χ1n) is 10.1. The normalized spacial score (nSPS) is 10.5. The van der Waals surface area contributed by atoms with Gasteiger partial charge in [-0.15, -0.1) is 0 Å². The predicted octanol–water partition coefficient (Wildman–Crippen LogP) is 5.97. The van der Waals surface area contributed by atoms with Crippen LogP contribution in [0.4, 0.5) is 33.2 Å². The van der Waals surface area contributed by atoms with Crippen LogP contribution in [0, 0.1) is 19.7 Å². The van der Waals surface area contributed by atoms with Gasteiger partial charge < -0.3 is 16.0 Å². The van der Waals surface area contributed by atoms with E-state index in [0.717, 1.165) is 17.1 Å². The maximum Gasteiger partial charge on any atom is 0.258 e.